The Balaban J connectivity index is 1.68. The van der Waals surface area contributed by atoms with E-state index < -0.39 is 11.8 Å². The summed E-state index contributed by atoms with van der Waals surface area (Å²) in [4.78, 5) is 24.2. The highest BCUT2D eigenvalue weighted by Gasteiger charge is 2.17. The van der Waals surface area contributed by atoms with Crippen molar-refractivity contribution in [2.45, 2.75) is 13.8 Å². The lowest BCUT2D eigenvalue weighted by Crippen LogP contribution is -2.41. The fraction of sp³-hybridized carbons (Fsp3) is 0.111. The van der Waals surface area contributed by atoms with E-state index in [2.05, 4.69) is 10.9 Å². The third-order valence-corrected chi connectivity index (χ3v) is 4.15. The van der Waals surface area contributed by atoms with Crippen LogP contribution in [0.1, 0.15) is 32.4 Å². The molecule has 0 saturated carbocycles. The number of carbonyl (C=O) groups is 2. The molecule has 0 saturated heterocycles. The minimum absolute atomic E-state index is 0.0198. The highest BCUT2D eigenvalue weighted by Crippen LogP contribution is 2.31. The first-order valence-electron chi connectivity index (χ1n) is 7.58. The van der Waals surface area contributed by atoms with Gasteiger partial charge in [0.1, 0.15) is 17.3 Å². The molecule has 3 aromatic rings. The van der Waals surface area contributed by atoms with Crippen molar-refractivity contribution < 1.29 is 18.4 Å². The minimum atomic E-state index is -0.604. The summed E-state index contributed by atoms with van der Waals surface area (Å²) in [7, 11) is 0. The van der Waals surface area contributed by atoms with Gasteiger partial charge in [0, 0.05) is 10.6 Å². The molecular formula is C18H14Cl2N2O4. The molecule has 0 radical (unpaired) electrons. The number of aryl methyl sites for hydroxylation is 2. The summed E-state index contributed by atoms with van der Waals surface area (Å²) in [5.74, 6) is 0.407. The molecule has 1 aromatic carbocycles. The van der Waals surface area contributed by atoms with E-state index in [4.69, 9.17) is 32.0 Å². The third-order valence-electron chi connectivity index (χ3n) is 3.60. The molecule has 0 aliphatic heterocycles. The van der Waals surface area contributed by atoms with Crippen molar-refractivity contribution in [3.05, 3.63) is 69.3 Å². The number of hydrogen-bond acceptors (Lipinski definition) is 4. The Hall–Kier alpha value is -2.70. The number of halogens is 2. The number of furan rings is 2. The molecule has 0 unspecified atom stereocenters. The van der Waals surface area contributed by atoms with Crippen molar-refractivity contribution in [3.8, 4) is 11.3 Å². The molecule has 134 valence electrons. The lowest BCUT2D eigenvalue weighted by molar-refractivity contribution is 0.0830. The van der Waals surface area contributed by atoms with Crippen molar-refractivity contribution in [2.75, 3.05) is 0 Å². The molecule has 0 fully saturated rings. The number of rotatable bonds is 3. The largest absolute Gasteiger partial charge is 0.466 e. The Morgan fingerprint density at radius 2 is 1.65 bits per heavy atom. The highest BCUT2D eigenvalue weighted by atomic mass is 35.5. The topological polar surface area (TPSA) is 84.5 Å². The molecule has 2 aromatic heterocycles. The highest BCUT2D eigenvalue weighted by molar-refractivity contribution is 6.36. The summed E-state index contributed by atoms with van der Waals surface area (Å²) in [6.45, 7) is 3.40. The van der Waals surface area contributed by atoms with Crippen molar-refractivity contribution in [1.29, 1.82) is 0 Å². The molecule has 6 nitrogen and oxygen atoms in total. The van der Waals surface area contributed by atoms with Crippen LogP contribution in [-0.2, 0) is 0 Å². The normalized spacial score (nSPS) is 10.6. The van der Waals surface area contributed by atoms with E-state index in [-0.39, 0.29) is 5.76 Å². The average molecular weight is 393 g/mol. The average Bonchev–Trinajstić information content (AvgIpc) is 3.19. The minimum Gasteiger partial charge on any atom is -0.466 e. The molecule has 2 heterocycles. The Morgan fingerprint density at radius 1 is 0.923 bits per heavy atom. The van der Waals surface area contributed by atoms with Crippen LogP contribution in [0.15, 0.2) is 45.2 Å². The van der Waals surface area contributed by atoms with Gasteiger partial charge >= 0.3 is 5.91 Å². The van der Waals surface area contributed by atoms with Crippen LogP contribution in [0, 0.1) is 13.8 Å². The predicted octanol–water partition coefficient (Wildman–Crippen LogP) is 4.54. The molecule has 2 N–H and O–H groups in total. The van der Waals surface area contributed by atoms with Crippen molar-refractivity contribution in [2.24, 2.45) is 0 Å². The zero-order valence-corrected chi connectivity index (χ0v) is 15.4. The van der Waals surface area contributed by atoms with Gasteiger partial charge in [0.25, 0.3) is 5.91 Å². The van der Waals surface area contributed by atoms with Crippen molar-refractivity contribution in [3.63, 3.8) is 0 Å². The van der Waals surface area contributed by atoms with Gasteiger partial charge in [-0.25, -0.2) is 0 Å². The molecule has 0 aliphatic rings. The van der Waals surface area contributed by atoms with E-state index in [1.807, 2.05) is 0 Å². The van der Waals surface area contributed by atoms with Gasteiger partial charge in [0.2, 0.25) is 0 Å². The van der Waals surface area contributed by atoms with Crippen molar-refractivity contribution in [1.82, 2.24) is 10.9 Å². The van der Waals surface area contributed by atoms with E-state index in [1.54, 1.807) is 44.2 Å². The van der Waals surface area contributed by atoms with Gasteiger partial charge in [0.15, 0.2) is 5.76 Å². The maximum Gasteiger partial charge on any atom is 0.305 e. The van der Waals surface area contributed by atoms with Gasteiger partial charge in [-0.05, 0) is 50.2 Å². The number of amides is 2. The second-order valence-electron chi connectivity index (χ2n) is 5.52. The van der Waals surface area contributed by atoms with Gasteiger partial charge < -0.3 is 8.83 Å². The third kappa shape index (κ3) is 3.76. The fourth-order valence-electron chi connectivity index (χ4n) is 2.39. The number of benzene rings is 1. The maximum absolute atomic E-state index is 12.2. The molecule has 0 spiro atoms. The van der Waals surface area contributed by atoms with Crippen LogP contribution in [0.25, 0.3) is 11.3 Å². The SMILES string of the molecule is Cc1cc(C(=O)NNC(=O)c2ccc(-c3ccc(Cl)cc3Cl)o2)c(C)o1. The first-order chi connectivity index (χ1) is 12.3. The molecule has 3 rings (SSSR count). The predicted molar refractivity (Wildman–Crippen MR) is 97.3 cm³/mol. The van der Waals surface area contributed by atoms with Gasteiger partial charge in [-0.1, -0.05) is 23.2 Å². The number of nitrogens with one attached hydrogen (secondary N) is 2. The number of hydrazine groups is 1. The lowest BCUT2D eigenvalue weighted by Gasteiger charge is -2.05. The Morgan fingerprint density at radius 3 is 2.31 bits per heavy atom. The Bertz CT molecular complexity index is 991. The zero-order valence-electron chi connectivity index (χ0n) is 13.9. The van der Waals surface area contributed by atoms with E-state index in [0.29, 0.717) is 38.5 Å². The van der Waals surface area contributed by atoms with E-state index in [1.165, 1.54) is 6.07 Å². The molecule has 8 heteroatoms. The second-order valence-corrected chi connectivity index (χ2v) is 6.37. The van der Waals surface area contributed by atoms with Crippen LogP contribution in [0.4, 0.5) is 0 Å². The molecule has 0 atom stereocenters. The monoisotopic (exact) mass is 392 g/mol. The van der Waals surface area contributed by atoms with Gasteiger partial charge in [0.05, 0.1) is 10.6 Å². The van der Waals surface area contributed by atoms with Gasteiger partial charge in [-0.2, -0.15) is 0 Å². The van der Waals surface area contributed by atoms with E-state index in [9.17, 15) is 9.59 Å². The first kappa shape index (κ1) is 18.1. The summed E-state index contributed by atoms with van der Waals surface area (Å²) in [5, 5.41) is 0.897. The molecule has 2 amide bonds. The fourth-order valence-corrected chi connectivity index (χ4v) is 2.89. The van der Waals surface area contributed by atoms with Crippen LogP contribution >= 0.6 is 23.2 Å². The molecule has 0 aliphatic carbocycles. The van der Waals surface area contributed by atoms with Crippen LogP contribution in [0.3, 0.4) is 0 Å². The second kappa shape index (κ2) is 7.27. The van der Waals surface area contributed by atoms with Crippen LogP contribution in [-0.4, -0.2) is 11.8 Å². The number of carbonyl (C=O) groups excluding carboxylic acids is 2. The summed E-state index contributed by atoms with van der Waals surface area (Å²) >= 11 is 12.0. The number of hydrogen-bond donors (Lipinski definition) is 2. The molecule has 26 heavy (non-hydrogen) atoms. The maximum atomic E-state index is 12.2. The van der Waals surface area contributed by atoms with Gasteiger partial charge in [-0.3, -0.25) is 20.4 Å². The first-order valence-corrected chi connectivity index (χ1v) is 8.33. The van der Waals surface area contributed by atoms with Crippen LogP contribution < -0.4 is 10.9 Å². The molecular weight excluding hydrogens is 379 g/mol. The lowest BCUT2D eigenvalue weighted by atomic mass is 10.2. The zero-order chi connectivity index (χ0) is 18.8. The summed E-state index contributed by atoms with van der Waals surface area (Å²) in [5.41, 5.74) is 5.56. The standard InChI is InChI=1S/C18H14Cl2N2O4/c1-9-7-13(10(2)25-9)17(23)21-22-18(24)16-6-5-15(26-16)12-4-3-11(19)8-14(12)20/h3-8H,1-2H3,(H,21,23)(H,22,24). The van der Waals surface area contributed by atoms with Crippen molar-refractivity contribution >= 4 is 35.0 Å². The summed E-state index contributed by atoms with van der Waals surface area (Å²) < 4.78 is 10.8. The Labute approximate surface area is 159 Å². The quantitative estimate of drug-likeness (QED) is 0.640. The van der Waals surface area contributed by atoms with E-state index in [0.717, 1.165) is 0 Å². The Kier molecular flexibility index (Phi) is 5.06. The van der Waals surface area contributed by atoms with Gasteiger partial charge in [-0.15, -0.1) is 0 Å². The summed E-state index contributed by atoms with van der Waals surface area (Å²) in [6, 6.07) is 9.61. The van der Waals surface area contributed by atoms with Crippen LogP contribution in [0.5, 0.6) is 0 Å². The summed E-state index contributed by atoms with van der Waals surface area (Å²) in [6.07, 6.45) is 0. The van der Waals surface area contributed by atoms with E-state index >= 15 is 0 Å². The molecule has 0 bridgehead atoms. The van der Waals surface area contributed by atoms with Crippen LogP contribution in [0.2, 0.25) is 10.0 Å². The smallest absolute Gasteiger partial charge is 0.305 e.